The van der Waals surface area contributed by atoms with E-state index in [1.165, 1.54) is 53.6 Å². The lowest BCUT2D eigenvalue weighted by Crippen LogP contribution is -2.47. The van der Waals surface area contributed by atoms with Crippen molar-refractivity contribution in [3.63, 3.8) is 0 Å². The molecule has 0 unspecified atom stereocenters. The Morgan fingerprint density at radius 1 is 0.608 bits per heavy atom. The summed E-state index contributed by atoms with van der Waals surface area (Å²) in [5, 5.41) is 2.43. The fourth-order valence-corrected chi connectivity index (χ4v) is 14.4. The summed E-state index contributed by atoms with van der Waals surface area (Å²) in [6.45, 7) is 25.3. The highest BCUT2D eigenvalue weighted by Crippen LogP contribution is 2.42. The minimum Gasteiger partial charge on any atom is -0.399 e. The Hall–Kier alpha value is -4.30. The number of nitrogens with zero attached hydrogens (tertiary/aromatic N) is 12. The van der Waals surface area contributed by atoms with Crippen molar-refractivity contribution in [2.75, 3.05) is 139 Å². The van der Waals surface area contributed by atoms with Crippen LogP contribution in [0.5, 0.6) is 0 Å². The van der Waals surface area contributed by atoms with Crippen LogP contribution in [-0.2, 0) is 51.9 Å². The third-order valence-corrected chi connectivity index (χ3v) is 20.7. The molecule has 5 aliphatic rings. The summed E-state index contributed by atoms with van der Waals surface area (Å²) in [6.07, 6.45) is 9.25. The van der Waals surface area contributed by atoms with Gasteiger partial charge in [-0.3, -0.25) is 9.80 Å². The highest BCUT2D eigenvalue weighted by Gasteiger charge is 2.52. The van der Waals surface area contributed by atoms with Crippen molar-refractivity contribution in [2.24, 2.45) is 0 Å². The lowest BCUT2D eigenvalue weighted by molar-refractivity contribution is 0.00578. The summed E-state index contributed by atoms with van der Waals surface area (Å²) in [6, 6.07) is 4.22. The Bertz CT molecular complexity index is 3280. The molecule has 5 fully saturated rings. The molecular weight excluding hydrogens is 1160 g/mol. The Labute approximate surface area is 481 Å². The minimum absolute atomic E-state index is 0. The second-order valence-corrected chi connectivity index (χ2v) is 28.0. The minimum atomic E-state index is -3.14. The fourth-order valence-electron chi connectivity index (χ4n) is 9.66. The van der Waals surface area contributed by atoms with Gasteiger partial charge in [0.1, 0.15) is 16.2 Å². The van der Waals surface area contributed by atoms with E-state index in [1.54, 1.807) is 44.7 Å². The van der Waals surface area contributed by atoms with Gasteiger partial charge in [-0.2, -0.15) is 8.61 Å². The van der Waals surface area contributed by atoms with Crippen molar-refractivity contribution in [1.82, 2.24) is 48.3 Å². The Morgan fingerprint density at radius 2 is 1.00 bits per heavy atom. The topological polar surface area (TPSA) is 254 Å². The first-order valence-electron chi connectivity index (χ1n) is 26.0. The first kappa shape index (κ1) is 60.8. The number of nitrogens with two attached hydrogens (primary N) is 2. The van der Waals surface area contributed by atoms with E-state index in [9.17, 15) is 16.8 Å². The van der Waals surface area contributed by atoms with Crippen molar-refractivity contribution in [3.8, 4) is 11.3 Å². The molecule has 22 nitrogen and oxygen atoms in total. The molecule has 11 heterocycles. The molecule has 0 amide bonds. The number of aromatic nitrogens is 6. The number of fused-ring (bicyclic) bond motifs is 2. The maximum Gasteiger partial charge on any atom is 0.498 e. The third-order valence-electron chi connectivity index (χ3n) is 15.1. The van der Waals surface area contributed by atoms with Crippen LogP contribution in [-0.4, -0.2) is 201 Å². The summed E-state index contributed by atoms with van der Waals surface area (Å²) < 4.78 is 76.3. The molecule has 0 radical (unpaired) electrons. The maximum atomic E-state index is 11.9. The van der Waals surface area contributed by atoms with Crippen LogP contribution < -0.4 is 26.7 Å². The summed E-state index contributed by atoms with van der Waals surface area (Å²) in [5.41, 5.74) is 15.4. The summed E-state index contributed by atoms with van der Waals surface area (Å²) >= 11 is 7.17. The highest BCUT2D eigenvalue weighted by atomic mass is 79.9. The SMILES string of the molecule is C.CC1(C)OB(c2cnc(N)nc2)OC1(C)C.Cc1c(CN2CCN(S(C)(=O)=O)CC2)sc2c(N3CCOCC3)nc(-c3cnc(N)nc3)cc12.Cc1c(CN2CCN(S(C)(=O)=O)CC2)sc2c(N3CCOCC3)nc(Br)cc12. The van der Waals surface area contributed by atoms with Gasteiger partial charge in [-0.1, -0.05) is 7.43 Å². The molecule has 11 rings (SSSR count). The van der Waals surface area contributed by atoms with Gasteiger partial charge >= 0.3 is 7.12 Å². The van der Waals surface area contributed by atoms with Crippen LogP contribution in [0, 0.1) is 13.8 Å². The molecule has 79 heavy (non-hydrogen) atoms. The van der Waals surface area contributed by atoms with Gasteiger partial charge in [-0.05, 0) is 80.7 Å². The standard InChI is InChI=1S/C22H29N7O3S2.C18H25BrN4O3S2.C10H16BN3O2.CH4/c1-15-17-11-18(16-12-24-22(23)25-13-16)26-21(28-7-9-32-10-8-28)20(17)33-19(15)14-27-3-5-29(6-4-27)34(2,30)31;1-13-14-11-16(19)20-18(22-7-9-26-10-8-22)17(14)27-15(13)12-21-3-5-23(6-4-21)28(2,24)25;1-9(2)10(3,4)16-11(15-9)7-5-13-8(12)14-6-7;/h11-13H,3-10,14H2,1-2H3,(H2,23,24,25);11H,3-10,12H2,1-2H3;5-6H,1-4H3,(H2,12,13,14);1H4. The van der Waals surface area contributed by atoms with E-state index < -0.39 is 27.2 Å². The van der Waals surface area contributed by atoms with E-state index in [0.717, 1.165) is 112 Å². The third kappa shape index (κ3) is 14.3. The molecule has 0 aliphatic carbocycles. The van der Waals surface area contributed by atoms with Gasteiger partial charge in [0.25, 0.3) is 0 Å². The van der Waals surface area contributed by atoms with Gasteiger partial charge in [0, 0.05) is 148 Å². The Morgan fingerprint density at radius 3 is 1.42 bits per heavy atom. The quantitative estimate of drug-likeness (QED) is 0.138. The van der Waals surface area contributed by atoms with Crippen molar-refractivity contribution < 1.29 is 35.6 Å². The van der Waals surface area contributed by atoms with Crippen LogP contribution >= 0.6 is 38.6 Å². The van der Waals surface area contributed by atoms with Gasteiger partial charge < -0.3 is 40.0 Å². The molecule has 6 aromatic rings. The lowest BCUT2D eigenvalue weighted by atomic mass is 9.81. The molecule has 4 N–H and O–H groups in total. The van der Waals surface area contributed by atoms with Crippen molar-refractivity contribution >= 4 is 115 Å². The number of pyridine rings is 2. The number of morpholine rings is 2. The molecule has 5 saturated heterocycles. The zero-order valence-electron chi connectivity index (χ0n) is 45.6. The van der Waals surface area contributed by atoms with Gasteiger partial charge in [-0.15, -0.1) is 22.7 Å². The summed E-state index contributed by atoms with van der Waals surface area (Å²) in [4.78, 5) is 37.8. The fraction of sp³-hybridized carbons (Fsp3) is 0.569. The number of aryl methyl sites for hydroxylation is 2. The predicted octanol–water partition coefficient (Wildman–Crippen LogP) is 4.83. The summed E-state index contributed by atoms with van der Waals surface area (Å²) in [5.74, 6) is 2.49. The zero-order chi connectivity index (χ0) is 55.7. The number of piperazine rings is 2. The van der Waals surface area contributed by atoms with E-state index >= 15 is 0 Å². The monoisotopic (exact) mass is 1230 g/mol. The van der Waals surface area contributed by atoms with E-state index in [4.69, 9.17) is 40.2 Å². The van der Waals surface area contributed by atoms with E-state index in [2.05, 4.69) is 81.4 Å². The van der Waals surface area contributed by atoms with Gasteiger partial charge in [0.2, 0.25) is 31.9 Å². The largest absolute Gasteiger partial charge is 0.498 e. The molecule has 28 heteroatoms. The number of nitrogen functional groups attached to an aromatic ring is 2. The van der Waals surface area contributed by atoms with Crippen LogP contribution in [0.1, 0.15) is 56.0 Å². The van der Waals surface area contributed by atoms with E-state index in [-0.39, 0.29) is 30.5 Å². The van der Waals surface area contributed by atoms with Gasteiger partial charge in [0.15, 0.2) is 0 Å². The predicted molar refractivity (Wildman–Crippen MR) is 320 cm³/mol. The molecule has 0 atom stereocenters. The molecule has 0 spiro atoms. The number of thiophene rings is 2. The molecule has 0 saturated carbocycles. The Balaban J connectivity index is 0.000000165. The van der Waals surface area contributed by atoms with Crippen LogP contribution in [0.15, 0.2) is 41.5 Å². The molecule has 0 aromatic carbocycles. The van der Waals surface area contributed by atoms with Crippen LogP contribution in [0.2, 0.25) is 0 Å². The van der Waals surface area contributed by atoms with Crippen LogP contribution in [0.3, 0.4) is 0 Å². The van der Waals surface area contributed by atoms with Gasteiger partial charge in [-0.25, -0.2) is 46.7 Å². The zero-order valence-corrected chi connectivity index (χ0v) is 50.4. The molecule has 0 bridgehead atoms. The average Bonchev–Trinajstić information content (AvgIpc) is 4.09. The smallest absolute Gasteiger partial charge is 0.399 e. The van der Waals surface area contributed by atoms with Crippen molar-refractivity contribution in [1.29, 1.82) is 0 Å². The first-order chi connectivity index (χ1) is 36.9. The lowest BCUT2D eigenvalue weighted by Gasteiger charge is -2.33. The number of ether oxygens (including phenoxy) is 2. The number of hydrogen-bond donors (Lipinski definition) is 2. The Kier molecular flexibility index (Phi) is 19.3. The number of halogens is 1. The maximum absolute atomic E-state index is 11.9. The molecule has 430 valence electrons. The van der Waals surface area contributed by atoms with Gasteiger partial charge in [0.05, 0.1) is 65.2 Å². The number of sulfonamides is 2. The first-order valence-corrected chi connectivity index (χ1v) is 32.1. The van der Waals surface area contributed by atoms with Crippen LogP contribution in [0.4, 0.5) is 23.5 Å². The molecular formula is C51H74BBrN14O8S4. The van der Waals surface area contributed by atoms with Crippen molar-refractivity contribution in [3.05, 3.63) is 62.4 Å². The van der Waals surface area contributed by atoms with Crippen molar-refractivity contribution in [2.45, 2.75) is 73.3 Å². The second-order valence-electron chi connectivity index (χ2n) is 21.0. The molecule has 5 aliphatic heterocycles. The second kappa shape index (κ2) is 25.1. The average molecular weight is 1230 g/mol. The highest BCUT2D eigenvalue weighted by molar-refractivity contribution is 9.10. The van der Waals surface area contributed by atoms with Crippen LogP contribution in [0.25, 0.3) is 31.4 Å². The number of rotatable bonds is 10. The van der Waals surface area contributed by atoms with E-state index in [0.29, 0.717) is 39.4 Å². The summed E-state index contributed by atoms with van der Waals surface area (Å²) in [7, 11) is -6.65. The number of anilines is 4. The number of hydrogen-bond acceptors (Lipinski definition) is 22. The molecule has 6 aromatic heterocycles. The normalized spacial score (nSPS) is 19.7. The van der Waals surface area contributed by atoms with E-state index in [1.807, 2.05) is 39.0 Å².